The van der Waals surface area contributed by atoms with Crippen LogP contribution in [-0.2, 0) is 19.2 Å². The maximum Gasteiger partial charge on any atom is 0.253 e. The molecule has 6 atom stereocenters. The number of fused-ring (bicyclic) bond motifs is 4. The van der Waals surface area contributed by atoms with E-state index in [1.54, 1.807) is 72.8 Å². The smallest absolute Gasteiger partial charge is 0.253 e. The van der Waals surface area contributed by atoms with Gasteiger partial charge >= 0.3 is 0 Å². The molecule has 240 valence electrons. The summed E-state index contributed by atoms with van der Waals surface area (Å²) in [7, 11) is 1.33. The summed E-state index contributed by atoms with van der Waals surface area (Å²) >= 11 is 14.5. The molecule has 1 N–H and O–H groups in total. The predicted octanol–water partition coefficient (Wildman–Crippen LogP) is 4.48. The van der Waals surface area contributed by atoms with E-state index < -0.39 is 57.0 Å². The van der Waals surface area contributed by atoms with Crippen molar-refractivity contribution in [3.05, 3.63) is 107 Å². The first-order chi connectivity index (χ1) is 22.5. The zero-order valence-corrected chi connectivity index (χ0v) is 26.8. The summed E-state index contributed by atoms with van der Waals surface area (Å²) in [5.74, 6) is -5.28. The van der Waals surface area contributed by atoms with Gasteiger partial charge in [-0.1, -0.05) is 60.2 Å². The lowest BCUT2D eigenvalue weighted by molar-refractivity contribution is -0.138. The van der Waals surface area contributed by atoms with Crippen molar-refractivity contribution >= 4 is 58.3 Å². The quantitative estimate of drug-likeness (QED) is 0.170. The van der Waals surface area contributed by atoms with Crippen LogP contribution in [-0.4, -0.2) is 69.4 Å². The van der Waals surface area contributed by atoms with Gasteiger partial charge in [-0.25, -0.2) is 0 Å². The Morgan fingerprint density at radius 1 is 0.872 bits per heavy atom. The third kappa shape index (κ3) is 4.43. The monoisotopic (exact) mass is 672 g/mol. The molecule has 0 aromatic heterocycles. The van der Waals surface area contributed by atoms with E-state index in [0.717, 1.165) is 9.80 Å². The molecule has 4 aliphatic rings. The van der Waals surface area contributed by atoms with E-state index in [2.05, 4.69) is 0 Å². The number of nitrogens with zero attached hydrogens (tertiary/aromatic N) is 2. The van der Waals surface area contributed by atoms with Gasteiger partial charge in [0.1, 0.15) is 12.4 Å². The number of hydrogen-bond donors (Lipinski definition) is 1. The van der Waals surface area contributed by atoms with Gasteiger partial charge in [0, 0.05) is 29.7 Å². The highest BCUT2D eigenvalue weighted by Gasteiger charge is 2.76. The number of imide groups is 2. The van der Waals surface area contributed by atoms with Crippen LogP contribution in [0.25, 0.3) is 0 Å². The third-order valence-corrected chi connectivity index (χ3v) is 11.4. The number of allylic oxidation sites excluding steroid dienone is 2. The Labute approximate surface area is 280 Å². The lowest BCUT2D eigenvalue weighted by atomic mass is 9.56. The largest absolute Gasteiger partial charge is 0.491 e. The van der Waals surface area contributed by atoms with Crippen molar-refractivity contribution < 1.29 is 33.8 Å². The van der Waals surface area contributed by atoms with Crippen LogP contribution in [0, 0.1) is 17.8 Å². The van der Waals surface area contributed by atoms with Crippen LogP contribution in [0.2, 0.25) is 0 Å². The molecule has 2 saturated heterocycles. The summed E-state index contributed by atoms with van der Waals surface area (Å²) < 4.78 is 5.85. The van der Waals surface area contributed by atoms with Gasteiger partial charge < -0.3 is 9.84 Å². The maximum atomic E-state index is 14.3. The molecule has 2 aliphatic carbocycles. The first kappa shape index (κ1) is 31.3. The molecule has 0 spiro atoms. The number of alkyl halides is 2. The molecular formula is C36H30Cl2N2O7. The van der Waals surface area contributed by atoms with Gasteiger partial charge in [0.15, 0.2) is 15.5 Å². The number of amides is 4. The zero-order valence-electron chi connectivity index (χ0n) is 25.3. The molecule has 3 aromatic carbocycles. The van der Waals surface area contributed by atoms with Gasteiger partial charge in [0.25, 0.3) is 11.8 Å². The van der Waals surface area contributed by atoms with Gasteiger partial charge in [-0.3, -0.25) is 33.8 Å². The van der Waals surface area contributed by atoms with Crippen molar-refractivity contribution in [1.82, 2.24) is 4.90 Å². The molecule has 47 heavy (non-hydrogen) atoms. The number of hydrogen-bond acceptors (Lipinski definition) is 7. The average Bonchev–Trinajstić information content (AvgIpc) is 3.42. The Kier molecular flexibility index (Phi) is 7.62. The van der Waals surface area contributed by atoms with Gasteiger partial charge in [-0.05, 0) is 49.1 Å². The number of carbonyl (C=O) groups excluding carboxylic acids is 5. The third-order valence-electron chi connectivity index (χ3n) is 10.0. The van der Waals surface area contributed by atoms with E-state index in [0.29, 0.717) is 33.7 Å². The Hall–Kier alpha value is -4.31. The molecule has 0 radical (unpaired) electrons. The summed E-state index contributed by atoms with van der Waals surface area (Å²) in [5, 5.41) is 9.46. The number of aliphatic hydroxyl groups excluding tert-OH is 1. The minimum Gasteiger partial charge on any atom is -0.491 e. The second-order valence-corrected chi connectivity index (χ2v) is 13.6. The first-order valence-corrected chi connectivity index (χ1v) is 16.1. The fraction of sp³-hybridized carbons (Fsp3) is 0.306. The van der Waals surface area contributed by atoms with E-state index in [4.69, 9.17) is 27.9 Å². The van der Waals surface area contributed by atoms with Crippen molar-refractivity contribution in [3.63, 3.8) is 0 Å². The number of aliphatic hydroxyl groups is 1. The molecule has 2 aliphatic heterocycles. The molecule has 9 nitrogen and oxygen atoms in total. The number of rotatable bonds is 7. The van der Waals surface area contributed by atoms with Crippen molar-refractivity contribution in [2.24, 2.45) is 17.8 Å². The molecule has 0 bridgehead atoms. The number of ether oxygens (including phenoxy) is 1. The van der Waals surface area contributed by atoms with Crippen LogP contribution >= 0.6 is 23.2 Å². The predicted molar refractivity (Wildman–Crippen MR) is 173 cm³/mol. The average molecular weight is 674 g/mol. The van der Waals surface area contributed by atoms with Crippen molar-refractivity contribution in [2.75, 3.05) is 25.2 Å². The lowest BCUT2D eigenvalue weighted by Gasteiger charge is -2.51. The van der Waals surface area contributed by atoms with Crippen LogP contribution in [0.5, 0.6) is 5.75 Å². The molecule has 7 rings (SSSR count). The standard InChI is InChI=1S/C36H30Cl2N2O7/c1-39-33(45)35(37)19-26-23(29(36(35,38)34(39)46)24-9-5-6-10-27(24)47-18-17-41)15-16-25-28(26)32(44)40(31(25)43)22-13-11-21(12-14-22)30(42)20-7-3-2-4-8-20/h2-15,25-26,28-29,41H,16-19H2,1H3/t25-,26+,28-,29+,35+,36-/m0/s1. The molecule has 0 unspecified atom stereocenters. The van der Waals surface area contributed by atoms with Crippen LogP contribution in [0.4, 0.5) is 5.69 Å². The molecule has 3 aromatic rings. The number of carbonyl (C=O) groups is 5. The van der Waals surface area contributed by atoms with E-state index in [9.17, 15) is 29.1 Å². The molecule has 1 saturated carbocycles. The summed E-state index contributed by atoms with van der Waals surface area (Å²) in [5.41, 5.74) is 2.38. The minimum atomic E-state index is -1.94. The van der Waals surface area contributed by atoms with Crippen LogP contribution in [0.3, 0.4) is 0 Å². The van der Waals surface area contributed by atoms with E-state index in [1.807, 2.05) is 12.1 Å². The molecule has 4 amide bonds. The Morgan fingerprint density at radius 2 is 1.53 bits per heavy atom. The zero-order chi connectivity index (χ0) is 33.2. The number of anilines is 1. The normalized spacial score (nSPS) is 29.7. The van der Waals surface area contributed by atoms with Crippen molar-refractivity contribution in [3.8, 4) is 5.75 Å². The second-order valence-electron chi connectivity index (χ2n) is 12.4. The molecular weight excluding hydrogens is 643 g/mol. The molecule has 11 heteroatoms. The van der Waals surface area contributed by atoms with Crippen molar-refractivity contribution in [1.29, 1.82) is 0 Å². The topological polar surface area (TPSA) is 121 Å². The van der Waals surface area contributed by atoms with Gasteiger partial charge in [0.2, 0.25) is 11.8 Å². The van der Waals surface area contributed by atoms with Crippen molar-refractivity contribution in [2.45, 2.75) is 28.5 Å². The number of halogens is 2. The van der Waals surface area contributed by atoms with Crippen LogP contribution < -0.4 is 9.64 Å². The minimum absolute atomic E-state index is 0.0251. The SMILES string of the molecule is CN1C(=O)[C@]2(Cl)C[C@@H]3C(=CC[C@@H]4C(=O)N(c5ccc(C(=O)c6ccccc6)cc5)C(=O)[C@@H]43)[C@H](c3ccccc3OCCO)[C@]2(Cl)C1=O. The number of para-hydroxylation sites is 1. The van der Waals surface area contributed by atoms with Crippen LogP contribution in [0.1, 0.15) is 40.2 Å². The number of ketones is 1. The summed E-state index contributed by atoms with van der Waals surface area (Å²) in [6, 6.07) is 22.0. The van der Waals surface area contributed by atoms with E-state index >= 15 is 0 Å². The van der Waals surface area contributed by atoms with Gasteiger partial charge in [-0.2, -0.15) is 0 Å². The lowest BCUT2D eigenvalue weighted by Crippen LogP contribution is -2.60. The molecule has 3 fully saturated rings. The maximum absolute atomic E-state index is 14.3. The Bertz CT molecular complexity index is 1860. The fourth-order valence-electron chi connectivity index (χ4n) is 7.87. The summed E-state index contributed by atoms with van der Waals surface area (Å²) in [6.07, 6.45) is 1.93. The second kappa shape index (κ2) is 11.4. The van der Waals surface area contributed by atoms with Gasteiger partial charge in [-0.15, -0.1) is 23.2 Å². The van der Waals surface area contributed by atoms with Crippen LogP contribution in [0.15, 0.2) is 90.5 Å². The van der Waals surface area contributed by atoms with E-state index in [1.165, 1.54) is 7.05 Å². The number of likely N-dealkylation sites (tertiary alicyclic amines) is 1. The van der Waals surface area contributed by atoms with Gasteiger partial charge in [0.05, 0.1) is 24.1 Å². The van der Waals surface area contributed by atoms with E-state index in [-0.39, 0.29) is 31.8 Å². The molecule has 2 heterocycles. The highest BCUT2D eigenvalue weighted by Crippen LogP contribution is 2.66. The number of benzene rings is 3. The Balaban J connectivity index is 1.28. The fourth-order valence-corrected chi connectivity index (χ4v) is 8.88. The highest BCUT2D eigenvalue weighted by atomic mass is 35.5. The Morgan fingerprint density at radius 3 is 2.23 bits per heavy atom. The summed E-state index contributed by atoms with van der Waals surface area (Å²) in [4.78, 5) is 66.9. The summed E-state index contributed by atoms with van der Waals surface area (Å²) in [6.45, 7) is -0.282. The first-order valence-electron chi connectivity index (χ1n) is 15.3. The highest BCUT2D eigenvalue weighted by molar-refractivity contribution is 6.53.